The van der Waals surface area contributed by atoms with Crippen molar-refractivity contribution in [3.63, 3.8) is 0 Å². The number of ether oxygens (including phenoxy) is 1. The number of halogens is 1. The van der Waals surface area contributed by atoms with Crippen molar-refractivity contribution >= 4 is 40.7 Å². The van der Waals surface area contributed by atoms with Crippen LogP contribution in [-0.4, -0.2) is 23.5 Å². The van der Waals surface area contributed by atoms with Crippen molar-refractivity contribution in [2.45, 2.75) is 24.7 Å². The molecule has 1 fully saturated rings. The lowest BCUT2D eigenvalue weighted by atomic mass is 9.95. The molecule has 2 amide bonds. The number of carbonyl (C=O) groups excluding carboxylic acids is 2. The van der Waals surface area contributed by atoms with Crippen LogP contribution in [0.3, 0.4) is 0 Å². The Morgan fingerprint density at radius 2 is 1.59 bits per heavy atom. The highest BCUT2D eigenvalue weighted by Gasteiger charge is 2.51. The molecular formula is C26H24ClN3O3S. The average molecular weight is 494 g/mol. The van der Waals surface area contributed by atoms with Gasteiger partial charge in [-0.3, -0.25) is 25.8 Å². The molecular weight excluding hydrogens is 470 g/mol. The molecule has 3 aromatic rings. The van der Waals surface area contributed by atoms with Crippen LogP contribution in [0.1, 0.15) is 34.3 Å². The molecule has 1 aliphatic rings. The Morgan fingerprint density at radius 3 is 2.24 bits per heavy atom. The van der Waals surface area contributed by atoms with E-state index < -0.39 is 5.41 Å². The van der Waals surface area contributed by atoms with Gasteiger partial charge in [-0.25, -0.2) is 0 Å². The van der Waals surface area contributed by atoms with Gasteiger partial charge in [0, 0.05) is 17.0 Å². The van der Waals surface area contributed by atoms with Crippen LogP contribution >= 0.6 is 23.8 Å². The zero-order valence-corrected chi connectivity index (χ0v) is 19.9. The van der Waals surface area contributed by atoms with Crippen LogP contribution in [0.25, 0.3) is 0 Å². The summed E-state index contributed by atoms with van der Waals surface area (Å²) in [5.41, 5.74) is 7.15. The molecule has 0 aromatic heterocycles. The van der Waals surface area contributed by atoms with Gasteiger partial charge in [0.25, 0.3) is 5.91 Å². The van der Waals surface area contributed by atoms with Gasteiger partial charge in [0.2, 0.25) is 5.91 Å². The monoisotopic (exact) mass is 493 g/mol. The molecule has 0 unspecified atom stereocenters. The van der Waals surface area contributed by atoms with E-state index in [0.29, 0.717) is 22.9 Å². The number of nitrogens with one attached hydrogen (secondary N) is 3. The fourth-order valence-electron chi connectivity index (χ4n) is 3.61. The highest BCUT2D eigenvalue weighted by Crippen LogP contribution is 2.48. The molecule has 1 saturated carbocycles. The first-order valence-corrected chi connectivity index (χ1v) is 11.7. The quantitative estimate of drug-likeness (QED) is 0.337. The number of hydrogen-bond acceptors (Lipinski definition) is 4. The molecule has 0 spiro atoms. The molecule has 0 aliphatic heterocycles. The number of amides is 2. The van der Waals surface area contributed by atoms with Gasteiger partial charge in [0.1, 0.15) is 5.75 Å². The topological polar surface area (TPSA) is 79.5 Å². The maximum atomic E-state index is 12.7. The van der Waals surface area contributed by atoms with Crippen LogP contribution in [0.5, 0.6) is 5.75 Å². The highest BCUT2D eigenvalue weighted by molar-refractivity contribution is 7.80. The molecule has 3 aromatic carbocycles. The lowest BCUT2D eigenvalue weighted by Gasteiger charge is -2.17. The zero-order valence-electron chi connectivity index (χ0n) is 18.3. The number of benzene rings is 3. The van der Waals surface area contributed by atoms with Crippen molar-refractivity contribution in [2.75, 3.05) is 6.61 Å². The second kappa shape index (κ2) is 10.7. The maximum Gasteiger partial charge on any atom is 0.257 e. The minimum absolute atomic E-state index is 0.00782. The van der Waals surface area contributed by atoms with Crippen molar-refractivity contribution in [1.29, 1.82) is 0 Å². The number of rotatable bonds is 7. The molecule has 1 aliphatic carbocycles. The minimum Gasteiger partial charge on any atom is -0.493 e. The van der Waals surface area contributed by atoms with E-state index in [-0.39, 0.29) is 16.9 Å². The van der Waals surface area contributed by atoms with Gasteiger partial charge >= 0.3 is 0 Å². The fraction of sp³-hybridized carbons (Fsp3) is 0.192. The van der Waals surface area contributed by atoms with Gasteiger partial charge in [0.05, 0.1) is 12.0 Å². The first-order valence-electron chi connectivity index (χ1n) is 10.9. The summed E-state index contributed by atoms with van der Waals surface area (Å²) >= 11 is 11.1. The largest absolute Gasteiger partial charge is 0.493 e. The summed E-state index contributed by atoms with van der Waals surface area (Å²) in [6, 6.07) is 24.1. The van der Waals surface area contributed by atoms with Crippen molar-refractivity contribution in [2.24, 2.45) is 0 Å². The summed E-state index contributed by atoms with van der Waals surface area (Å²) in [6.07, 6.45) is 2.27. The zero-order chi connectivity index (χ0) is 24.0. The van der Waals surface area contributed by atoms with E-state index in [1.807, 2.05) is 30.3 Å². The molecule has 0 radical (unpaired) electrons. The molecule has 0 saturated heterocycles. The van der Waals surface area contributed by atoms with Crippen molar-refractivity contribution in [3.05, 3.63) is 101 Å². The Hall–Kier alpha value is -3.42. The summed E-state index contributed by atoms with van der Waals surface area (Å²) in [4.78, 5) is 25.2. The van der Waals surface area contributed by atoms with Crippen LogP contribution in [-0.2, 0) is 16.6 Å². The van der Waals surface area contributed by atoms with E-state index >= 15 is 0 Å². The van der Waals surface area contributed by atoms with Gasteiger partial charge < -0.3 is 4.74 Å². The van der Waals surface area contributed by atoms with Gasteiger partial charge in [-0.2, -0.15) is 0 Å². The van der Waals surface area contributed by atoms with Crippen LogP contribution in [0.2, 0.25) is 5.02 Å². The second-order valence-electron chi connectivity index (χ2n) is 8.06. The Labute approximate surface area is 208 Å². The summed E-state index contributed by atoms with van der Waals surface area (Å²) in [5.74, 6) is 0.0854. The van der Waals surface area contributed by atoms with E-state index in [0.717, 1.165) is 24.8 Å². The SMILES string of the molecule is O=C(NC(=S)NNC(=O)C1(c2ccc(Cl)cc2)CC1)c1ccc(OCCc2ccccc2)cc1. The maximum absolute atomic E-state index is 12.7. The van der Waals surface area contributed by atoms with Crippen LogP contribution in [0, 0.1) is 0 Å². The summed E-state index contributed by atoms with van der Waals surface area (Å²) < 4.78 is 5.75. The Kier molecular flexibility index (Phi) is 7.45. The standard InChI is InChI=1S/C26H24ClN3O3S/c27-21-10-8-20(9-11-21)26(15-16-26)24(32)29-30-25(34)28-23(31)19-6-12-22(13-7-19)33-17-14-18-4-2-1-3-5-18/h1-13H,14-17H2,(H,29,32)(H2,28,30,31,34). The molecule has 3 N–H and O–H groups in total. The fourth-order valence-corrected chi connectivity index (χ4v) is 3.88. The predicted octanol–water partition coefficient (Wildman–Crippen LogP) is 4.33. The molecule has 34 heavy (non-hydrogen) atoms. The Bertz CT molecular complexity index is 1160. The molecule has 4 rings (SSSR count). The molecule has 8 heteroatoms. The normalized spacial score (nSPS) is 13.4. The van der Waals surface area contributed by atoms with Gasteiger partial charge in [-0.1, -0.05) is 54.1 Å². The smallest absolute Gasteiger partial charge is 0.257 e. The molecule has 0 atom stereocenters. The molecule has 0 heterocycles. The number of hydrazine groups is 1. The number of thiocarbonyl (C=S) groups is 1. The average Bonchev–Trinajstić information content (AvgIpc) is 3.66. The first kappa shape index (κ1) is 23.7. The lowest BCUT2D eigenvalue weighted by Crippen LogP contribution is -2.51. The van der Waals surface area contributed by atoms with Crippen molar-refractivity contribution in [1.82, 2.24) is 16.2 Å². The predicted molar refractivity (Wildman–Crippen MR) is 136 cm³/mol. The van der Waals surface area contributed by atoms with Crippen molar-refractivity contribution < 1.29 is 14.3 Å². The third-order valence-electron chi connectivity index (χ3n) is 5.72. The van der Waals surface area contributed by atoms with Gasteiger partial charge in [0.15, 0.2) is 5.11 Å². The molecule has 174 valence electrons. The Balaban J connectivity index is 1.22. The lowest BCUT2D eigenvalue weighted by molar-refractivity contribution is -0.124. The Morgan fingerprint density at radius 1 is 0.912 bits per heavy atom. The molecule has 6 nitrogen and oxygen atoms in total. The third-order valence-corrected chi connectivity index (χ3v) is 6.17. The molecule has 0 bridgehead atoms. The number of carbonyl (C=O) groups is 2. The third kappa shape index (κ3) is 5.92. The number of hydrogen-bond donors (Lipinski definition) is 3. The first-order chi connectivity index (χ1) is 16.5. The van der Waals surface area contributed by atoms with Crippen LogP contribution < -0.4 is 20.9 Å². The highest BCUT2D eigenvalue weighted by atomic mass is 35.5. The van der Waals surface area contributed by atoms with E-state index in [4.69, 9.17) is 28.6 Å². The van der Waals surface area contributed by atoms with E-state index in [9.17, 15) is 9.59 Å². The van der Waals surface area contributed by atoms with E-state index in [2.05, 4.69) is 28.3 Å². The van der Waals surface area contributed by atoms with Crippen LogP contribution in [0.15, 0.2) is 78.9 Å². The van der Waals surface area contributed by atoms with Crippen LogP contribution in [0.4, 0.5) is 0 Å². The summed E-state index contributed by atoms with van der Waals surface area (Å²) in [6.45, 7) is 0.542. The summed E-state index contributed by atoms with van der Waals surface area (Å²) in [7, 11) is 0. The van der Waals surface area contributed by atoms with E-state index in [1.54, 1.807) is 36.4 Å². The summed E-state index contributed by atoms with van der Waals surface area (Å²) in [5, 5.41) is 3.19. The van der Waals surface area contributed by atoms with Crippen molar-refractivity contribution in [3.8, 4) is 5.75 Å². The van der Waals surface area contributed by atoms with E-state index in [1.165, 1.54) is 5.56 Å². The van der Waals surface area contributed by atoms with Gasteiger partial charge in [-0.05, 0) is 72.6 Å². The second-order valence-corrected chi connectivity index (χ2v) is 8.90. The minimum atomic E-state index is -0.590. The van der Waals surface area contributed by atoms with Gasteiger partial charge in [-0.15, -0.1) is 0 Å².